The molecule has 1 aliphatic rings. The van der Waals surface area contributed by atoms with Gasteiger partial charge in [0.1, 0.15) is 0 Å². The van der Waals surface area contributed by atoms with Crippen LogP contribution in [0.2, 0.25) is 0 Å². The van der Waals surface area contributed by atoms with Gasteiger partial charge in [-0.3, -0.25) is 0 Å². The van der Waals surface area contributed by atoms with Crippen LogP contribution < -0.4 is 0 Å². The summed E-state index contributed by atoms with van der Waals surface area (Å²) in [6, 6.07) is 6.55. The van der Waals surface area contributed by atoms with E-state index in [9.17, 15) is 0 Å². The number of aromatic nitrogens is 4. The van der Waals surface area contributed by atoms with E-state index in [0.717, 1.165) is 18.2 Å². The van der Waals surface area contributed by atoms with Gasteiger partial charge < -0.3 is 0 Å². The number of aryl methyl sites for hydroxylation is 1. The fourth-order valence-electron chi connectivity index (χ4n) is 3.12. The fourth-order valence-corrected chi connectivity index (χ4v) is 3.12. The van der Waals surface area contributed by atoms with Crippen LogP contribution in [0.5, 0.6) is 0 Å². The summed E-state index contributed by atoms with van der Waals surface area (Å²) in [4.78, 5) is 0. The molecule has 0 atom stereocenters. The lowest BCUT2D eigenvalue weighted by Gasteiger charge is -2.17. The van der Waals surface area contributed by atoms with Crippen LogP contribution in [-0.2, 0) is 6.42 Å². The number of nitrogens with one attached hydrogen (secondary N) is 1. The van der Waals surface area contributed by atoms with Gasteiger partial charge in [0.25, 0.3) is 0 Å². The van der Waals surface area contributed by atoms with Gasteiger partial charge in [-0.25, -0.2) is 0 Å². The van der Waals surface area contributed by atoms with E-state index in [2.05, 4.69) is 45.7 Å². The van der Waals surface area contributed by atoms with Crippen molar-refractivity contribution in [3.05, 3.63) is 40.7 Å². The van der Waals surface area contributed by atoms with E-state index in [4.69, 9.17) is 0 Å². The quantitative estimate of drug-likeness (QED) is 0.900. The SMILES string of the molecule is Cc1cccc(Cc2nn[nH]n2)c1C1CCCC1. The van der Waals surface area contributed by atoms with Gasteiger partial charge in [0.05, 0.1) is 0 Å². The first-order chi connectivity index (χ1) is 8.84. The minimum absolute atomic E-state index is 0.730. The molecule has 1 aromatic heterocycles. The maximum atomic E-state index is 4.06. The third kappa shape index (κ3) is 2.15. The van der Waals surface area contributed by atoms with Crippen LogP contribution in [0.25, 0.3) is 0 Å². The highest BCUT2D eigenvalue weighted by atomic mass is 15.5. The van der Waals surface area contributed by atoms with Crippen molar-refractivity contribution in [3.63, 3.8) is 0 Å². The molecule has 1 aromatic carbocycles. The first-order valence-electron chi connectivity index (χ1n) is 6.65. The molecule has 94 valence electrons. The van der Waals surface area contributed by atoms with Gasteiger partial charge in [-0.1, -0.05) is 36.3 Å². The Morgan fingerprint density at radius 3 is 2.83 bits per heavy atom. The Labute approximate surface area is 107 Å². The zero-order valence-corrected chi connectivity index (χ0v) is 10.7. The molecule has 18 heavy (non-hydrogen) atoms. The second kappa shape index (κ2) is 4.88. The molecule has 0 saturated heterocycles. The molecule has 1 N–H and O–H groups in total. The molecule has 1 fully saturated rings. The number of tetrazole rings is 1. The Balaban J connectivity index is 1.95. The van der Waals surface area contributed by atoms with Crippen molar-refractivity contribution in [2.24, 2.45) is 0 Å². The van der Waals surface area contributed by atoms with Crippen LogP contribution in [0.3, 0.4) is 0 Å². The Morgan fingerprint density at radius 1 is 1.28 bits per heavy atom. The van der Waals surface area contributed by atoms with Crippen molar-refractivity contribution in [1.82, 2.24) is 20.6 Å². The van der Waals surface area contributed by atoms with E-state index in [1.807, 2.05) is 0 Å². The third-order valence-electron chi connectivity index (χ3n) is 3.92. The molecular weight excluding hydrogens is 224 g/mol. The van der Waals surface area contributed by atoms with Crippen LogP contribution in [0, 0.1) is 6.92 Å². The van der Waals surface area contributed by atoms with Crippen LogP contribution >= 0.6 is 0 Å². The molecule has 4 heteroatoms. The number of H-pyrrole nitrogens is 1. The molecule has 4 nitrogen and oxygen atoms in total. The maximum Gasteiger partial charge on any atom is 0.178 e. The number of rotatable bonds is 3. The molecule has 0 radical (unpaired) electrons. The first kappa shape index (κ1) is 11.4. The molecule has 0 spiro atoms. The van der Waals surface area contributed by atoms with Crippen molar-refractivity contribution in [2.75, 3.05) is 0 Å². The monoisotopic (exact) mass is 242 g/mol. The smallest absolute Gasteiger partial charge is 0.177 e. The van der Waals surface area contributed by atoms with E-state index in [-0.39, 0.29) is 0 Å². The van der Waals surface area contributed by atoms with Crippen LogP contribution in [-0.4, -0.2) is 20.6 Å². The van der Waals surface area contributed by atoms with Gasteiger partial charge in [-0.2, -0.15) is 5.21 Å². The van der Waals surface area contributed by atoms with Crippen molar-refractivity contribution < 1.29 is 0 Å². The second-order valence-electron chi connectivity index (χ2n) is 5.13. The highest BCUT2D eigenvalue weighted by molar-refractivity contribution is 5.39. The number of hydrogen-bond acceptors (Lipinski definition) is 3. The van der Waals surface area contributed by atoms with Gasteiger partial charge in [0.2, 0.25) is 0 Å². The largest absolute Gasteiger partial charge is 0.178 e. The van der Waals surface area contributed by atoms with E-state index in [1.54, 1.807) is 0 Å². The van der Waals surface area contributed by atoms with E-state index in [1.165, 1.54) is 42.4 Å². The predicted octanol–water partition coefficient (Wildman–Crippen LogP) is 2.76. The van der Waals surface area contributed by atoms with Crippen molar-refractivity contribution in [3.8, 4) is 0 Å². The molecule has 0 amide bonds. The van der Waals surface area contributed by atoms with Crippen LogP contribution in [0.15, 0.2) is 18.2 Å². The normalized spacial score (nSPS) is 16.3. The minimum atomic E-state index is 0.730. The van der Waals surface area contributed by atoms with Crippen molar-refractivity contribution in [1.29, 1.82) is 0 Å². The molecule has 0 unspecified atom stereocenters. The average Bonchev–Trinajstić information content (AvgIpc) is 3.01. The summed E-state index contributed by atoms with van der Waals surface area (Å²) in [5, 5.41) is 14.3. The Hall–Kier alpha value is -1.71. The second-order valence-corrected chi connectivity index (χ2v) is 5.13. The number of nitrogens with zero attached hydrogens (tertiary/aromatic N) is 3. The number of aromatic amines is 1. The highest BCUT2D eigenvalue weighted by Gasteiger charge is 2.21. The highest BCUT2D eigenvalue weighted by Crippen LogP contribution is 2.37. The summed E-state index contributed by atoms with van der Waals surface area (Å²) < 4.78 is 0. The summed E-state index contributed by atoms with van der Waals surface area (Å²) in [6.45, 7) is 2.22. The number of benzene rings is 1. The van der Waals surface area contributed by atoms with Gasteiger partial charge in [-0.05, 0) is 42.4 Å². The zero-order chi connectivity index (χ0) is 12.4. The maximum absolute atomic E-state index is 4.06. The van der Waals surface area contributed by atoms with E-state index < -0.39 is 0 Å². The molecule has 1 heterocycles. The summed E-state index contributed by atoms with van der Waals surface area (Å²) in [7, 11) is 0. The Bertz CT molecular complexity index is 513. The molecule has 0 aliphatic heterocycles. The zero-order valence-electron chi connectivity index (χ0n) is 10.7. The molecule has 1 aliphatic carbocycles. The van der Waals surface area contributed by atoms with Gasteiger partial charge >= 0.3 is 0 Å². The lowest BCUT2D eigenvalue weighted by Crippen LogP contribution is -2.04. The summed E-state index contributed by atoms with van der Waals surface area (Å²) in [5.74, 6) is 1.51. The molecule has 2 aromatic rings. The Morgan fingerprint density at radius 2 is 2.11 bits per heavy atom. The van der Waals surface area contributed by atoms with Gasteiger partial charge in [0, 0.05) is 6.42 Å². The lowest BCUT2D eigenvalue weighted by atomic mass is 9.88. The van der Waals surface area contributed by atoms with Crippen molar-refractivity contribution >= 4 is 0 Å². The van der Waals surface area contributed by atoms with E-state index in [0.29, 0.717) is 0 Å². The number of hydrogen-bond donors (Lipinski definition) is 1. The van der Waals surface area contributed by atoms with Gasteiger partial charge in [0.15, 0.2) is 5.82 Å². The molecular formula is C14H18N4. The molecule has 0 bridgehead atoms. The lowest BCUT2D eigenvalue weighted by molar-refractivity contribution is 0.707. The van der Waals surface area contributed by atoms with E-state index >= 15 is 0 Å². The summed E-state index contributed by atoms with van der Waals surface area (Å²) in [5.41, 5.74) is 4.30. The molecule has 3 rings (SSSR count). The third-order valence-corrected chi connectivity index (χ3v) is 3.92. The first-order valence-corrected chi connectivity index (χ1v) is 6.65. The van der Waals surface area contributed by atoms with Crippen molar-refractivity contribution in [2.45, 2.75) is 44.9 Å². The summed E-state index contributed by atoms with van der Waals surface area (Å²) in [6.07, 6.45) is 6.15. The predicted molar refractivity (Wildman–Crippen MR) is 69.4 cm³/mol. The Kier molecular flexibility index (Phi) is 3.09. The fraction of sp³-hybridized carbons (Fsp3) is 0.500. The molecule has 1 saturated carbocycles. The van der Waals surface area contributed by atoms with Gasteiger partial charge in [-0.15, -0.1) is 10.2 Å². The minimum Gasteiger partial charge on any atom is -0.177 e. The van der Waals surface area contributed by atoms with Crippen LogP contribution in [0.4, 0.5) is 0 Å². The average molecular weight is 242 g/mol. The van der Waals surface area contributed by atoms with Crippen LogP contribution in [0.1, 0.15) is 54.1 Å². The topological polar surface area (TPSA) is 54.5 Å². The summed E-state index contributed by atoms with van der Waals surface area (Å²) >= 11 is 0. The standard InChI is InChI=1S/C14H18N4/c1-10-5-4-8-12(9-13-15-17-18-16-13)14(10)11-6-2-3-7-11/h4-5,8,11H,2-3,6-7,9H2,1H3,(H,15,16,17,18).